The molecule has 4 aromatic rings. The molecule has 1 unspecified atom stereocenters. The van der Waals surface area contributed by atoms with Crippen molar-refractivity contribution in [1.29, 1.82) is 0 Å². The van der Waals surface area contributed by atoms with Gasteiger partial charge in [0.2, 0.25) is 5.89 Å². The Balaban J connectivity index is 1.46. The topological polar surface area (TPSA) is 76.4 Å². The number of carbonyl (C=O) groups is 1. The number of hydrogen-bond donors (Lipinski definition) is 2. The second-order valence-electron chi connectivity index (χ2n) is 7.23. The smallest absolute Gasteiger partial charge is 0.266 e. The van der Waals surface area contributed by atoms with Gasteiger partial charge in [0.25, 0.3) is 5.91 Å². The standard InChI is InChI=1S/C23H14Cl5N3O3S/c1-10(33-19-5-2-11(24)6-16(19)27)21(32)31-23(35)29-13-3-4-15(26)14(9-13)22-30-18-8-12(25)7-17(28)20(18)34-22/h2-10H,1H3,(H2,29,31,32,35). The van der Waals surface area contributed by atoms with Crippen molar-refractivity contribution in [1.82, 2.24) is 10.3 Å². The number of rotatable bonds is 5. The third-order valence-corrected chi connectivity index (χ3v) is 6.23. The van der Waals surface area contributed by atoms with Gasteiger partial charge in [0, 0.05) is 15.7 Å². The molecule has 0 aliphatic rings. The Morgan fingerprint density at radius 2 is 1.71 bits per heavy atom. The Morgan fingerprint density at radius 3 is 2.46 bits per heavy atom. The number of oxazole rings is 1. The normalized spacial score (nSPS) is 11.8. The number of ether oxygens (including phenoxy) is 1. The third kappa shape index (κ3) is 6.12. The van der Waals surface area contributed by atoms with Crippen LogP contribution >= 0.6 is 70.2 Å². The first-order valence-electron chi connectivity index (χ1n) is 9.90. The lowest BCUT2D eigenvalue weighted by Crippen LogP contribution is -2.42. The Hall–Kier alpha value is -2.26. The van der Waals surface area contributed by atoms with Crippen LogP contribution in [0.1, 0.15) is 6.92 Å². The van der Waals surface area contributed by atoms with Crippen LogP contribution in [0, 0.1) is 0 Å². The molecule has 3 aromatic carbocycles. The molecule has 0 saturated carbocycles. The van der Waals surface area contributed by atoms with Crippen LogP contribution in [0.5, 0.6) is 5.75 Å². The van der Waals surface area contributed by atoms with Gasteiger partial charge < -0.3 is 14.5 Å². The van der Waals surface area contributed by atoms with E-state index in [1.54, 1.807) is 49.4 Å². The van der Waals surface area contributed by atoms with Crippen molar-refractivity contribution in [2.24, 2.45) is 0 Å². The maximum atomic E-state index is 12.5. The molecule has 0 spiro atoms. The summed E-state index contributed by atoms with van der Waals surface area (Å²) in [4.78, 5) is 16.9. The molecule has 0 bridgehead atoms. The van der Waals surface area contributed by atoms with E-state index >= 15 is 0 Å². The van der Waals surface area contributed by atoms with Gasteiger partial charge in [0.05, 0.1) is 20.6 Å². The van der Waals surface area contributed by atoms with E-state index in [0.717, 1.165) is 0 Å². The zero-order chi connectivity index (χ0) is 25.3. The highest BCUT2D eigenvalue weighted by Crippen LogP contribution is 2.35. The monoisotopic (exact) mass is 587 g/mol. The van der Waals surface area contributed by atoms with Crippen molar-refractivity contribution in [2.45, 2.75) is 13.0 Å². The molecule has 6 nitrogen and oxygen atoms in total. The molecule has 0 saturated heterocycles. The number of aromatic nitrogens is 1. The van der Waals surface area contributed by atoms with E-state index in [-0.39, 0.29) is 16.0 Å². The van der Waals surface area contributed by atoms with Crippen molar-refractivity contribution < 1.29 is 13.9 Å². The number of halogens is 5. The lowest BCUT2D eigenvalue weighted by atomic mass is 10.2. The van der Waals surface area contributed by atoms with E-state index < -0.39 is 12.0 Å². The van der Waals surface area contributed by atoms with Crippen LogP contribution in [0.2, 0.25) is 25.1 Å². The van der Waals surface area contributed by atoms with Gasteiger partial charge in [-0.25, -0.2) is 4.98 Å². The van der Waals surface area contributed by atoms with Crippen LogP contribution in [-0.4, -0.2) is 22.1 Å². The maximum Gasteiger partial charge on any atom is 0.266 e. The average molecular weight is 590 g/mol. The number of hydrogen-bond acceptors (Lipinski definition) is 5. The predicted molar refractivity (Wildman–Crippen MR) is 145 cm³/mol. The van der Waals surface area contributed by atoms with Crippen LogP contribution < -0.4 is 15.4 Å². The van der Waals surface area contributed by atoms with E-state index in [9.17, 15) is 4.79 Å². The molecule has 12 heteroatoms. The lowest BCUT2D eigenvalue weighted by molar-refractivity contribution is -0.125. The van der Waals surface area contributed by atoms with Crippen molar-refractivity contribution in [3.8, 4) is 17.2 Å². The SMILES string of the molecule is CC(Oc1ccc(Cl)cc1Cl)C(=O)NC(=S)Nc1ccc(Cl)c(-c2nc3cc(Cl)cc(Cl)c3o2)c1. The first kappa shape index (κ1) is 25.8. The van der Waals surface area contributed by atoms with Gasteiger partial charge in [-0.15, -0.1) is 0 Å². The van der Waals surface area contributed by atoms with Gasteiger partial charge in [0.15, 0.2) is 16.8 Å². The summed E-state index contributed by atoms with van der Waals surface area (Å²) in [6.07, 6.45) is -0.884. The van der Waals surface area contributed by atoms with E-state index in [2.05, 4.69) is 15.6 Å². The highest BCUT2D eigenvalue weighted by atomic mass is 35.5. The summed E-state index contributed by atoms with van der Waals surface area (Å²) < 4.78 is 11.4. The number of nitrogens with zero attached hydrogens (tertiary/aromatic N) is 1. The van der Waals surface area contributed by atoms with Gasteiger partial charge in [-0.2, -0.15) is 0 Å². The molecule has 35 heavy (non-hydrogen) atoms. The maximum absolute atomic E-state index is 12.5. The van der Waals surface area contributed by atoms with E-state index in [0.29, 0.717) is 48.2 Å². The number of thiocarbonyl (C=S) groups is 1. The Labute approximate surface area is 230 Å². The average Bonchev–Trinajstić information content (AvgIpc) is 3.21. The van der Waals surface area contributed by atoms with Gasteiger partial charge in [-0.05, 0) is 67.7 Å². The molecule has 4 rings (SSSR count). The zero-order valence-electron chi connectivity index (χ0n) is 17.7. The molecule has 0 radical (unpaired) electrons. The van der Waals surface area contributed by atoms with Crippen molar-refractivity contribution in [2.75, 3.05) is 5.32 Å². The predicted octanol–water partition coefficient (Wildman–Crippen LogP) is 8.04. The first-order valence-corrected chi connectivity index (χ1v) is 12.2. The number of benzene rings is 3. The number of fused-ring (bicyclic) bond motifs is 1. The lowest BCUT2D eigenvalue weighted by Gasteiger charge is -2.17. The van der Waals surface area contributed by atoms with Crippen LogP contribution in [0.3, 0.4) is 0 Å². The first-order chi connectivity index (χ1) is 16.6. The second-order valence-corrected chi connectivity index (χ2v) is 9.73. The summed E-state index contributed by atoms with van der Waals surface area (Å²) in [5, 5.41) is 7.44. The summed E-state index contributed by atoms with van der Waals surface area (Å²) in [5.41, 5.74) is 1.90. The van der Waals surface area contributed by atoms with Gasteiger partial charge in [0.1, 0.15) is 11.3 Å². The highest BCUT2D eigenvalue weighted by molar-refractivity contribution is 7.80. The number of anilines is 1. The molecular formula is C23H14Cl5N3O3S. The Kier molecular flexibility index (Phi) is 7.96. The zero-order valence-corrected chi connectivity index (χ0v) is 22.3. The Bertz CT molecular complexity index is 1460. The van der Waals surface area contributed by atoms with Crippen LogP contribution in [0.4, 0.5) is 5.69 Å². The fourth-order valence-corrected chi connectivity index (χ4v) is 4.42. The quantitative estimate of drug-likeness (QED) is 0.230. The number of carbonyl (C=O) groups excluding carboxylic acids is 1. The second kappa shape index (κ2) is 10.8. The van der Waals surface area contributed by atoms with Crippen LogP contribution in [0.15, 0.2) is 52.9 Å². The molecule has 0 fully saturated rings. The summed E-state index contributed by atoms with van der Waals surface area (Å²) in [6, 6.07) is 12.9. The highest BCUT2D eigenvalue weighted by Gasteiger charge is 2.19. The van der Waals surface area contributed by atoms with Crippen molar-refractivity contribution in [3.63, 3.8) is 0 Å². The summed E-state index contributed by atoms with van der Waals surface area (Å²) >= 11 is 35.9. The molecule has 1 heterocycles. The van der Waals surface area contributed by atoms with Crippen molar-refractivity contribution in [3.05, 3.63) is 73.6 Å². The van der Waals surface area contributed by atoms with Crippen LogP contribution in [0.25, 0.3) is 22.6 Å². The molecular weight excluding hydrogens is 576 g/mol. The minimum Gasteiger partial charge on any atom is -0.479 e. The van der Waals surface area contributed by atoms with Gasteiger partial charge >= 0.3 is 0 Å². The summed E-state index contributed by atoms with van der Waals surface area (Å²) in [6.45, 7) is 1.56. The van der Waals surface area contributed by atoms with Crippen LogP contribution in [-0.2, 0) is 4.79 Å². The Morgan fingerprint density at radius 1 is 0.971 bits per heavy atom. The molecule has 2 N–H and O–H groups in total. The fourth-order valence-electron chi connectivity index (χ4n) is 3.03. The molecule has 0 aliphatic carbocycles. The molecule has 1 amide bonds. The summed E-state index contributed by atoms with van der Waals surface area (Å²) in [7, 11) is 0. The molecule has 0 aliphatic heterocycles. The van der Waals surface area contributed by atoms with Gasteiger partial charge in [-0.3, -0.25) is 10.1 Å². The van der Waals surface area contributed by atoms with Gasteiger partial charge in [-0.1, -0.05) is 58.0 Å². The van der Waals surface area contributed by atoms with E-state index in [1.807, 2.05) is 0 Å². The summed E-state index contributed by atoms with van der Waals surface area (Å²) in [5.74, 6) is 0.0856. The third-order valence-electron chi connectivity index (χ3n) is 4.67. The van der Waals surface area contributed by atoms with E-state index in [4.69, 9.17) is 79.4 Å². The number of amides is 1. The molecule has 1 aromatic heterocycles. The largest absolute Gasteiger partial charge is 0.479 e. The molecule has 1 atom stereocenters. The number of nitrogens with one attached hydrogen (secondary N) is 2. The minimum absolute atomic E-state index is 0.0494. The fraction of sp³-hybridized carbons (Fsp3) is 0.0870. The minimum atomic E-state index is -0.884. The molecule has 180 valence electrons. The van der Waals surface area contributed by atoms with Crippen molar-refractivity contribution >= 4 is 98.0 Å². The van der Waals surface area contributed by atoms with E-state index in [1.165, 1.54) is 6.07 Å².